The van der Waals surface area contributed by atoms with E-state index in [4.69, 9.17) is 9.84 Å². The molecule has 1 aliphatic heterocycles. The maximum atomic E-state index is 12.1. The highest BCUT2D eigenvalue weighted by Crippen LogP contribution is 2.33. The number of imide groups is 1. The average Bonchev–Trinajstić information content (AvgIpc) is 2.74. The Morgan fingerprint density at radius 1 is 1.46 bits per heavy atom. The second kappa shape index (κ2) is 7.79. The van der Waals surface area contributed by atoms with E-state index in [1.807, 2.05) is 22.6 Å². The number of carboxylic acid groups (broad SMARTS) is 1. The lowest BCUT2D eigenvalue weighted by Crippen LogP contribution is -2.30. The third-order valence-electron chi connectivity index (χ3n) is 2.95. The van der Waals surface area contributed by atoms with Gasteiger partial charge in [-0.2, -0.15) is 0 Å². The zero-order chi connectivity index (χ0) is 17.9. The summed E-state index contributed by atoms with van der Waals surface area (Å²) in [7, 11) is 0. The monoisotopic (exact) mass is 506 g/mol. The van der Waals surface area contributed by atoms with Gasteiger partial charge in [0.25, 0.3) is 5.91 Å². The number of carbonyl (C=O) groups excluding carboxylic acids is 2. The van der Waals surface area contributed by atoms with E-state index in [-0.39, 0.29) is 12.2 Å². The fraction of sp³-hybridized carbons (Fsp3) is 0.133. The Labute approximate surface area is 159 Å². The Kier molecular flexibility index (Phi) is 5.99. The molecule has 0 radical (unpaired) electrons. The van der Waals surface area contributed by atoms with E-state index >= 15 is 0 Å². The molecule has 1 fully saturated rings. The first kappa shape index (κ1) is 18.5. The second-order valence-corrected chi connectivity index (χ2v) is 6.71. The molecule has 0 unspecified atom stereocenters. The second-order valence-electron chi connectivity index (χ2n) is 4.69. The summed E-state index contributed by atoms with van der Waals surface area (Å²) in [5.41, 5.74) is 0.807. The fourth-order valence-corrected chi connectivity index (χ4v) is 3.74. The first-order valence-electron chi connectivity index (χ1n) is 6.62. The van der Waals surface area contributed by atoms with Gasteiger partial charge in [0, 0.05) is 6.54 Å². The Balaban J connectivity index is 2.27. The maximum absolute atomic E-state index is 12.1. The van der Waals surface area contributed by atoms with Gasteiger partial charge >= 0.3 is 12.0 Å². The van der Waals surface area contributed by atoms with E-state index < -0.39 is 24.5 Å². The number of nitrogens with zero attached hydrogens (tertiary/aromatic N) is 1. The summed E-state index contributed by atoms with van der Waals surface area (Å²) in [4.78, 5) is 35.5. The van der Waals surface area contributed by atoms with Crippen molar-refractivity contribution in [3.63, 3.8) is 0 Å². The predicted octanol–water partition coefficient (Wildman–Crippen LogP) is 2.60. The lowest BCUT2D eigenvalue weighted by Gasteiger charge is -2.10. The van der Waals surface area contributed by atoms with Crippen molar-refractivity contribution in [1.82, 2.24) is 10.2 Å². The number of urea groups is 1. The molecule has 3 amide bonds. The molecule has 0 aromatic heterocycles. The van der Waals surface area contributed by atoms with Crippen LogP contribution in [-0.2, 0) is 9.59 Å². The molecular formula is C15H12BrIN2O5. The number of rotatable bonds is 6. The number of hydrogen-bond acceptors (Lipinski definition) is 4. The normalized spacial score (nSPS) is 15.6. The summed E-state index contributed by atoms with van der Waals surface area (Å²) < 4.78 is 6.42. The first-order chi connectivity index (χ1) is 11.3. The maximum Gasteiger partial charge on any atom is 0.341 e. The molecular weight excluding hydrogens is 495 g/mol. The SMILES string of the molecule is C=CCN1C(=O)N/C(=C/c2cc(Br)c(OCC(=O)O)c(I)c2)C1=O. The molecule has 2 N–H and O–H groups in total. The van der Waals surface area contributed by atoms with Gasteiger partial charge in [-0.05, 0) is 62.3 Å². The lowest BCUT2D eigenvalue weighted by molar-refractivity contribution is -0.139. The Hall–Kier alpha value is -1.88. The summed E-state index contributed by atoms with van der Waals surface area (Å²) in [5.74, 6) is -1.11. The molecule has 1 aromatic carbocycles. The number of amides is 3. The van der Waals surface area contributed by atoms with Crippen molar-refractivity contribution in [3.8, 4) is 5.75 Å². The summed E-state index contributed by atoms with van der Waals surface area (Å²) in [6.07, 6.45) is 3.01. The molecule has 0 atom stereocenters. The molecule has 9 heteroatoms. The van der Waals surface area contributed by atoms with Crippen molar-refractivity contribution in [2.45, 2.75) is 0 Å². The van der Waals surface area contributed by atoms with E-state index in [1.165, 1.54) is 12.2 Å². The van der Waals surface area contributed by atoms with E-state index in [9.17, 15) is 14.4 Å². The van der Waals surface area contributed by atoms with Gasteiger partial charge in [-0.1, -0.05) is 6.08 Å². The molecule has 1 aliphatic rings. The van der Waals surface area contributed by atoms with Crippen LogP contribution < -0.4 is 10.1 Å². The Bertz CT molecular complexity index is 739. The van der Waals surface area contributed by atoms with Crippen LogP contribution in [0.1, 0.15) is 5.56 Å². The van der Waals surface area contributed by atoms with Gasteiger partial charge in [0.15, 0.2) is 6.61 Å². The number of aliphatic carboxylic acids is 1. The largest absolute Gasteiger partial charge is 0.480 e. The number of nitrogens with one attached hydrogen (secondary N) is 1. The highest BCUT2D eigenvalue weighted by Gasteiger charge is 2.32. The summed E-state index contributed by atoms with van der Waals surface area (Å²) >= 11 is 5.31. The average molecular weight is 507 g/mol. The predicted molar refractivity (Wildman–Crippen MR) is 98.4 cm³/mol. The molecule has 0 spiro atoms. The highest BCUT2D eigenvalue weighted by atomic mass is 127. The number of carboxylic acids is 1. The van der Waals surface area contributed by atoms with Crippen molar-refractivity contribution in [2.75, 3.05) is 13.2 Å². The standard InChI is InChI=1S/C15H12BrIN2O5/c1-2-3-19-14(22)11(18-15(19)23)6-8-4-9(16)13(10(17)5-8)24-7-12(20)21/h2,4-6H,1,3,7H2,(H,18,23)(H,20,21)/b11-6+. The molecule has 0 aliphatic carbocycles. The van der Waals surface area contributed by atoms with E-state index in [1.54, 1.807) is 12.1 Å². The van der Waals surface area contributed by atoms with Crippen molar-refractivity contribution in [1.29, 1.82) is 0 Å². The third-order valence-corrected chi connectivity index (χ3v) is 4.34. The van der Waals surface area contributed by atoms with Gasteiger partial charge in [-0.15, -0.1) is 6.58 Å². The van der Waals surface area contributed by atoms with Crippen molar-refractivity contribution < 1.29 is 24.2 Å². The van der Waals surface area contributed by atoms with Crippen LogP contribution in [0.25, 0.3) is 6.08 Å². The lowest BCUT2D eigenvalue weighted by atomic mass is 10.2. The smallest absolute Gasteiger partial charge is 0.341 e. The van der Waals surface area contributed by atoms with Crippen LogP contribution in [0, 0.1) is 3.57 Å². The van der Waals surface area contributed by atoms with E-state index in [0.717, 1.165) is 4.90 Å². The fourth-order valence-electron chi connectivity index (χ4n) is 1.97. The molecule has 1 saturated heterocycles. The van der Waals surface area contributed by atoms with Crippen LogP contribution in [0.3, 0.4) is 0 Å². The van der Waals surface area contributed by atoms with Gasteiger partial charge in [-0.3, -0.25) is 9.69 Å². The van der Waals surface area contributed by atoms with Crippen LogP contribution in [0.2, 0.25) is 0 Å². The highest BCUT2D eigenvalue weighted by molar-refractivity contribution is 14.1. The molecule has 126 valence electrons. The van der Waals surface area contributed by atoms with Gasteiger partial charge < -0.3 is 15.2 Å². The van der Waals surface area contributed by atoms with Crippen LogP contribution >= 0.6 is 38.5 Å². The van der Waals surface area contributed by atoms with Crippen LogP contribution in [0.5, 0.6) is 5.75 Å². The van der Waals surface area contributed by atoms with Crippen LogP contribution in [0.4, 0.5) is 4.79 Å². The minimum Gasteiger partial charge on any atom is -0.480 e. The van der Waals surface area contributed by atoms with Gasteiger partial charge in [-0.25, -0.2) is 9.59 Å². The van der Waals surface area contributed by atoms with E-state index in [0.29, 0.717) is 19.4 Å². The first-order valence-corrected chi connectivity index (χ1v) is 8.49. The molecule has 0 saturated carbocycles. The zero-order valence-electron chi connectivity index (χ0n) is 12.2. The quantitative estimate of drug-likeness (QED) is 0.267. The number of carbonyl (C=O) groups is 3. The molecule has 0 bridgehead atoms. The summed E-state index contributed by atoms with van der Waals surface area (Å²) in [6, 6.07) is 2.88. The zero-order valence-corrected chi connectivity index (χ0v) is 16.0. The topological polar surface area (TPSA) is 95.9 Å². The molecule has 24 heavy (non-hydrogen) atoms. The van der Waals surface area contributed by atoms with Crippen LogP contribution in [0.15, 0.2) is 35.0 Å². The molecule has 2 rings (SSSR count). The molecule has 1 aromatic rings. The van der Waals surface area contributed by atoms with Crippen LogP contribution in [-0.4, -0.2) is 41.1 Å². The Morgan fingerprint density at radius 2 is 2.17 bits per heavy atom. The van der Waals surface area contributed by atoms with Gasteiger partial charge in [0.1, 0.15) is 11.4 Å². The number of halogens is 2. The Morgan fingerprint density at radius 3 is 2.75 bits per heavy atom. The van der Waals surface area contributed by atoms with Crippen molar-refractivity contribution >= 4 is 62.5 Å². The summed E-state index contributed by atoms with van der Waals surface area (Å²) in [6.45, 7) is 3.18. The number of benzene rings is 1. The third kappa shape index (κ3) is 4.15. The van der Waals surface area contributed by atoms with Gasteiger partial charge in [0.2, 0.25) is 0 Å². The summed E-state index contributed by atoms with van der Waals surface area (Å²) in [5, 5.41) is 11.2. The number of hydrogen-bond donors (Lipinski definition) is 2. The van der Waals surface area contributed by atoms with Gasteiger partial charge in [0.05, 0.1) is 8.04 Å². The minimum atomic E-state index is -1.08. The molecule has 7 nitrogen and oxygen atoms in total. The van der Waals surface area contributed by atoms with Crippen molar-refractivity contribution in [3.05, 3.63) is 44.1 Å². The molecule has 1 heterocycles. The van der Waals surface area contributed by atoms with E-state index in [2.05, 4.69) is 27.8 Å². The van der Waals surface area contributed by atoms with Crippen molar-refractivity contribution in [2.24, 2.45) is 0 Å². The number of ether oxygens (including phenoxy) is 1. The minimum absolute atomic E-state index is 0.130.